The van der Waals surface area contributed by atoms with Gasteiger partial charge in [0.2, 0.25) is 10.0 Å². The van der Waals surface area contributed by atoms with Crippen molar-refractivity contribution in [3.05, 3.63) is 124 Å². The van der Waals surface area contributed by atoms with Crippen LogP contribution in [0.25, 0.3) is 11.4 Å². The van der Waals surface area contributed by atoms with E-state index in [-0.39, 0.29) is 37.1 Å². The van der Waals surface area contributed by atoms with Gasteiger partial charge in [0.05, 0.1) is 39.0 Å². The van der Waals surface area contributed by atoms with Crippen molar-refractivity contribution in [2.24, 2.45) is 0 Å². The van der Waals surface area contributed by atoms with E-state index in [9.17, 15) is 4.79 Å². The first-order chi connectivity index (χ1) is 29.5. The van der Waals surface area contributed by atoms with Crippen LogP contribution in [0.3, 0.4) is 0 Å². The number of sulfonamides is 1. The smallest absolute Gasteiger partial charge is 0.417 e. The normalized spacial score (nSPS) is 14.4. The maximum atomic E-state index is 15.4. The summed E-state index contributed by atoms with van der Waals surface area (Å²) in [5.41, 5.74) is -0.268. The predicted molar refractivity (Wildman–Crippen MR) is 225 cm³/mol. The number of methoxy groups -OCH3 is 3. The number of allylic oxidation sites excluding steroid dienone is 1. The number of ether oxygens (including phenoxy) is 4. The molecule has 1 atom stereocenters. The zero-order chi connectivity index (χ0) is 44.7. The van der Waals surface area contributed by atoms with Gasteiger partial charge in [-0.1, -0.05) is 54.3 Å². The molecular formula is C45H47F3N6O7S. The number of alkyl halides is 3. The molecule has 0 fully saturated rings. The molecule has 0 saturated carbocycles. The van der Waals surface area contributed by atoms with Crippen LogP contribution in [0.1, 0.15) is 67.9 Å². The molecule has 0 radical (unpaired) electrons. The monoisotopic (exact) mass is 872 g/mol. The molecule has 62 heavy (non-hydrogen) atoms. The van der Waals surface area contributed by atoms with E-state index in [1.54, 1.807) is 93.6 Å². The number of aromatic nitrogens is 4. The summed E-state index contributed by atoms with van der Waals surface area (Å²) in [6.07, 6.45) is -2.49. The zero-order valence-corrected chi connectivity index (χ0v) is 35.9. The third-order valence-corrected chi connectivity index (χ3v) is 11.7. The summed E-state index contributed by atoms with van der Waals surface area (Å²) in [7, 11) is -0.618. The molecule has 1 N–H and O–H groups in total. The van der Waals surface area contributed by atoms with E-state index >= 15 is 21.6 Å². The molecule has 1 unspecified atom stereocenters. The van der Waals surface area contributed by atoms with Gasteiger partial charge in [0.1, 0.15) is 27.7 Å². The van der Waals surface area contributed by atoms with Crippen LogP contribution in [0.15, 0.2) is 101 Å². The Kier molecular flexibility index (Phi) is 13.9. The lowest BCUT2D eigenvalue weighted by atomic mass is 9.95. The van der Waals surface area contributed by atoms with E-state index in [0.29, 0.717) is 58.8 Å². The average molecular weight is 873 g/mol. The van der Waals surface area contributed by atoms with Crippen molar-refractivity contribution in [2.75, 3.05) is 21.3 Å². The number of halogens is 3. The molecule has 1 heterocycles. The Bertz CT molecular complexity index is 2510. The molecule has 5 aromatic rings. The number of hydrogen-bond acceptors (Lipinski definition) is 10. The summed E-state index contributed by atoms with van der Waals surface area (Å²) >= 11 is 0. The van der Waals surface area contributed by atoms with E-state index < -0.39 is 43.9 Å². The van der Waals surface area contributed by atoms with Crippen molar-refractivity contribution in [1.29, 1.82) is 0 Å². The number of nitrogens with zero attached hydrogens (tertiary/aromatic N) is 5. The summed E-state index contributed by atoms with van der Waals surface area (Å²) in [6.45, 7) is 4.65. The van der Waals surface area contributed by atoms with Crippen LogP contribution in [-0.2, 0) is 40.6 Å². The Balaban J connectivity index is 1.51. The van der Waals surface area contributed by atoms with Crippen molar-refractivity contribution >= 4 is 16.1 Å². The minimum absolute atomic E-state index is 0.0342. The van der Waals surface area contributed by atoms with Crippen molar-refractivity contribution in [2.45, 2.75) is 82.4 Å². The molecule has 1 aliphatic rings. The first kappa shape index (κ1) is 45.2. The maximum Gasteiger partial charge on any atom is 0.417 e. The van der Waals surface area contributed by atoms with E-state index in [1.165, 1.54) is 26.0 Å². The van der Waals surface area contributed by atoms with Crippen LogP contribution in [0.4, 0.5) is 18.0 Å². The van der Waals surface area contributed by atoms with Gasteiger partial charge in [-0.15, -0.1) is 5.10 Å². The van der Waals surface area contributed by atoms with Gasteiger partial charge < -0.3 is 24.3 Å². The van der Waals surface area contributed by atoms with Crippen LogP contribution in [0.2, 0.25) is 0 Å². The number of carbonyl (C=O) groups excluding carboxylic acids is 1. The van der Waals surface area contributed by atoms with Gasteiger partial charge in [-0.05, 0) is 121 Å². The van der Waals surface area contributed by atoms with E-state index in [1.807, 2.05) is 6.08 Å². The molecule has 1 aromatic heterocycles. The second kappa shape index (κ2) is 19.1. The quantitative estimate of drug-likeness (QED) is 0.115. The fourth-order valence-electron chi connectivity index (χ4n) is 6.72. The lowest BCUT2D eigenvalue weighted by Crippen LogP contribution is -2.39. The topological polar surface area (TPSA) is 147 Å². The highest BCUT2D eigenvalue weighted by Crippen LogP contribution is 2.42. The lowest BCUT2D eigenvalue weighted by Gasteiger charge is -2.26. The Hall–Kier alpha value is -6.38. The van der Waals surface area contributed by atoms with E-state index in [2.05, 4.69) is 32.7 Å². The summed E-state index contributed by atoms with van der Waals surface area (Å²) in [4.78, 5) is 11.4. The molecule has 1 amide bonds. The highest BCUT2D eigenvalue weighted by Gasteiger charge is 2.43. The van der Waals surface area contributed by atoms with Gasteiger partial charge in [-0.3, -0.25) is 0 Å². The minimum Gasteiger partial charge on any atom is -0.497 e. The molecular weight excluding hydrogens is 826 g/mol. The second-order valence-corrected chi connectivity index (χ2v) is 17.3. The number of tetrazole rings is 1. The summed E-state index contributed by atoms with van der Waals surface area (Å²) in [5.74, 6) is 7.40. The van der Waals surface area contributed by atoms with Crippen molar-refractivity contribution in [1.82, 2.24) is 29.8 Å². The fourth-order valence-corrected chi connectivity index (χ4v) is 8.54. The predicted octanol–water partition coefficient (Wildman–Crippen LogP) is 8.18. The Labute approximate surface area is 358 Å². The molecule has 0 spiro atoms. The van der Waals surface area contributed by atoms with Crippen LogP contribution in [0, 0.1) is 11.8 Å². The number of carbonyl (C=O) groups is 1. The number of benzene rings is 4. The zero-order valence-electron chi connectivity index (χ0n) is 35.1. The number of alkyl carbamates (subject to hydrolysis) is 1. The molecule has 1 aliphatic carbocycles. The summed E-state index contributed by atoms with van der Waals surface area (Å²) in [6, 6.07) is 21.7. The van der Waals surface area contributed by atoms with Gasteiger partial charge in [0, 0.05) is 24.7 Å². The lowest BCUT2D eigenvalue weighted by molar-refractivity contribution is -0.139. The van der Waals surface area contributed by atoms with E-state index in [0.717, 1.165) is 16.4 Å². The molecule has 6 rings (SSSR count). The molecule has 13 nitrogen and oxygen atoms in total. The first-order valence-corrected chi connectivity index (χ1v) is 21.0. The summed E-state index contributed by atoms with van der Waals surface area (Å²) < 4.78 is 100. The van der Waals surface area contributed by atoms with Crippen LogP contribution in [0.5, 0.6) is 17.2 Å². The molecule has 4 aromatic carbocycles. The van der Waals surface area contributed by atoms with Gasteiger partial charge in [0.25, 0.3) is 0 Å². The third kappa shape index (κ3) is 11.3. The van der Waals surface area contributed by atoms with E-state index in [4.69, 9.17) is 18.9 Å². The number of nitrogens with one attached hydrogen (secondary N) is 1. The number of amides is 1. The highest BCUT2D eigenvalue weighted by atomic mass is 32.2. The van der Waals surface area contributed by atoms with Gasteiger partial charge in [-0.25, -0.2) is 17.9 Å². The maximum absolute atomic E-state index is 15.4. The van der Waals surface area contributed by atoms with Crippen LogP contribution in [-0.4, -0.2) is 72.0 Å². The number of hydrogen-bond donors (Lipinski definition) is 1. The molecule has 0 saturated heterocycles. The van der Waals surface area contributed by atoms with Gasteiger partial charge in [0.15, 0.2) is 5.82 Å². The Morgan fingerprint density at radius 3 is 1.85 bits per heavy atom. The second-order valence-electron chi connectivity index (χ2n) is 15.4. The Morgan fingerprint density at radius 2 is 1.37 bits per heavy atom. The summed E-state index contributed by atoms with van der Waals surface area (Å²) in [5, 5.41) is 14.9. The molecule has 0 bridgehead atoms. The Morgan fingerprint density at radius 1 is 0.823 bits per heavy atom. The standard InChI is InChI=1S/C45H47F3N6O7S/c1-44(2,3)61-43(55)49-35-18-8-30(9-19-35)7-16-34-17-26-39(45(46,47)48)41(40(34)42-50-51-52-54(42)29-33-14-24-38(60-6)25-15-33)62(56,57)53(27-31-10-20-36(58-4)21-11-31)28-32-12-22-37(59-5)23-13-32/h8,10-15,17,20-26,35H,9,18-19,27-29H2,1-6H3,(H,49,55). The SMILES string of the molecule is COc1ccc(CN(Cc2ccc(OC)cc2)S(=O)(=O)c2c(C(F)(F)F)ccc(C#CC3=CCC(NC(=O)OC(C)(C)C)CC3)c2-c2nnnn2Cc2ccc(OC)cc2)cc1. The third-order valence-electron chi connectivity index (χ3n) is 9.83. The van der Waals surface area contributed by atoms with Crippen LogP contribution < -0.4 is 19.5 Å². The molecule has 0 aliphatic heterocycles. The van der Waals surface area contributed by atoms with Crippen molar-refractivity contribution < 1.29 is 45.3 Å². The van der Waals surface area contributed by atoms with Gasteiger partial charge >= 0.3 is 12.3 Å². The average Bonchev–Trinajstić information content (AvgIpc) is 3.70. The number of rotatable bonds is 13. The fraction of sp³-hybridized carbons (Fsp3) is 0.333. The largest absolute Gasteiger partial charge is 0.497 e. The van der Waals surface area contributed by atoms with Crippen molar-refractivity contribution in [3.8, 4) is 40.5 Å². The minimum atomic E-state index is -5.15. The first-order valence-electron chi connectivity index (χ1n) is 19.6. The van der Waals surface area contributed by atoms with Crippen molar-refractivity contribution in [3.63, 3.8) is 0 Å². The molecule has 326 valence electrons. The molecule has 17 heteroatoms. The van der Waals surface area contributed by atoms with Gasteiger partial charge in [-0.2, -0.15) is 17.5 Å². The van der Waals surface area contributed by atoms with Crippen LogP contribution >= 0.6 is 0 Å². The highest BCUT2D eigenvalue weighted by molar-refractivity contribution is 7.89.